The third-order valence-electron chi connectivity index (χ3n) is 22.6. The number of benzene rings is 7. The summed E-state index contributed by atoms with van der Waals surface area (Å²) in [7, 11) is -3.81. The van der Waals surface area contributed by atoms with Crippen LogP contribution in [0.5, 0.6) is 0 Å². The number of piperazine rings is 2. The van der Waals surface area contributed by atoms with Gasteiger partial charge in [0.15, 0.2) is 0 Å². The summed E-state index contributed by atoms with van der Waals surface area (Å²) in [6.45, 7) is 21.1. The number of aryl methyl sites for hydroxylation is 2. The van der Waals surface area contributed by atoms with Crippen LogP contribution in [0.1, 0.15) is 139 Å². The van der Waals surface area contributed by atoms with Crippen molar-refractivity contribution in [2.45, 2.75) is 96.6 Å². The van der Waals surface area contributed by atoms with E-state index in [0.717, 1.165) is 106 Å². The van der Waals surface area contributed by atoms with Gasteiger partial charge in [-0.2, -0.15) is 30.6 Å². The van der Waals surface area contributed by atoms with Crippen molar-refractivity contribution < 1.29 is 111 Å². The fraction of sp³-hybridized carbons (Fsp3) is 0.416. The molecule has 742 valence electrons. The van der Waals surface area contributed by atoms with E-state index < -0.39 is 51.3 Å². The predicted octanol–water partition coefficient (Wildman–Crippen LogP) is 14.0. The van der Waals surface area contributed by atoms with Crippen molar-refractivity contribution in [2.24, 2.45) is 0 Å². The lowest BCUT2D eigenvalue weighted by molar-refractivity contribution is -0.138. The number of nitrogens with zero attached hydrogens (tertiary/aromatic N) is 7. The number of halogens is 6. The fourth-order valence-electron chi connectivity index (χ4n) is 15.1. The topological polar surface area (TPSA) is 350 Å². The quantitative estimate of drug-likeness (QED) is 0.0152. The summed E-state index contributed by atoms with van der Waals surface area (Å²) in [5.74, 6) is -2.79. The normalized spacial score (nSPS) is 13.0. The fourth-order valence-corrected chi connectivity index (χ4v) is 16.5. The Hall–Kier alpha value is -12.1. The minimum Gasteiger partial charge on any atom is -0.478 e. The van der Waals surface area contributed by atoms with Gasteiger partial charge in [-0.15, -0.1) is 0 Å². The number of sulfonamides is 1. The highest BCUT2D eigenvalue weighted by Gasteiger charge is 2.34. The number of ether oxygens (including phenoxy) is 8. The average molecular weight is 1940 g/mol. The number of carboxylic acid groups (broad SMARTS) is 1. The number of carboxylic acids is 1. The molecule has 138 heavy (non-hydrogen) atoms. The number of rotatable bonds is 53. The van der Waals surface area contributed by atoms with Crippen molar-refractivity contribution in [1.82, 2.24) is 40.0 Å². The Morgan fingerprint density at radius 1 is 0.399 bits per heavy atom. The number of carbonyl (C=O) groups excluding carboxylic acids is 6. The lowest BCUT2D eigenvalue weighted by atomic mass is 10.0. The maximum atomic E-state index is 13.7. The van der Waals surface area contributed by atoms with Crippen molar-refractivity contribution in [1.29, 1.82) is 0 Å². The molecule has 11 rings (SSSR count). The van der Waals surface area contributed by atoms with E-state index >= 15 is 0 Å². The van der Waals surface area contributed by atoms with E-state index in [4.69, 9.17) is 43.0 Å². The third kappa shape index (κ3) is 34.8. The molecule has 0 unspecified atom stereocenters. The highest BCUT2D eigenvalue weighted by molar-refractivity contribution is 7.89. The minimum atomic E-state index is -4.51. The number of hydrogen-bond acceptors (Lipinski definition) is 22. The standard InChI is InChI=1S/C54H63F3N6O11S.C47H59F3N6O7/c1-3-61(4-2)45-15-18-48(47(37-45)49-36-43(19-21-58-49)51(65)59-38-40-9-6-12-44(35-40)54(55,56)57)60-52(66)42-11-5-8-39(34-42)10-7-26-71-28-30-73-32-33-74-31-29-72-27-20-50(64)62-22-24-63(25-23-62)75(69,70)46-16-13-41(14-17-46)53(67)68;1-3-55(4-2)40-13-14-42(41(33-40)43-32-38(15-17-52-43)45(58)53-34-36-9-6-12-39(31-36)47(48,49)50)54-46(59)37-11-5-8-35(30-37)10-7-22-60-24-26-62-28-29-63-27-25-61-23-16-44(57)56-20-18-51-19-21-56/h5-6,8-9,11-19,21,34-37H,3-4,7,10,20,22-33,38H2,1-2H3,(H,59,65)(H,60,66)(H,67,68);5-6,8-9,11-15,17,30-33,51H,3-4,7,10,16,18-29,34H2,1-2H3,(H,53,58)(H,54,59). The lowest BCUT2D eigenvalue weighted by Crippen LogP contribution is -2.50. The van der Waals surface area contributed by atoms with Gasteiger partial charge in [0, 0.05) is 162 Å². The Morgan fingerprint density at radius 3 is 1.14 bits per heavy atom. The molecule has 0 aliphatic carbocycles. The highest BCUT2D eigenvalue weighted by Crippen LogP contribution is 2.36. The van der Waals surface area contributed by atoms with Gasteiger partial charge < -0.3 is 89.2 Å². The van der Waals surface area contributed by atoms with Crippen molar-refractivity contribution in [3.63, 3.8) is 0 Å². The summed E-state index contributed by atoms with van der Waals surface area (Å²) >= 11 is 0. The van der Waals surface area contributed by atoms with Crippen LogP contribution < -0.4 is 36.4 Å². The van der Waals surface area contributed by atoms with Crippen LogP contribution in [0.4, 0.5) is 49.1 Å². The summed E-state index contributed by atoms with van der Waals surface area (Å²) in [6.07, 6.45) is -2.67. The van der Waals surface area contributed by atoms with Gasteiger partial charge in [-0.25, -0.2) is 13.2 Å². The summed E-state index contributed by atoms with van der Waals surface area (Å²) in [5.41, 5.74) is 7.19. The number of aromatic carboxylic acids is 1. The van der Waals surface area contributed by atoms with E-state index in [0.29, 0.717) is 181 Å². The zero-order chi connectivity index (χ0) is 98.7. The molecular formula is C101H122F6N12O18S. The van der Waals surface area contributed by atoms with Gasteiger partial charge in [-0.3, -0.25) is 38.7 Å². The van der Waals surface area contributed by atoms with E-state index in [-0.39, 0.29) is 97.5 Å². The first-order valence-electron chi connectivity index (χ1n) is 46.2. The molecule has 6 N–H and O–H groups in total. The van der Waals surface area contributed by atoms with Crippen molar-refractivity contribution in [3.8, 4) is 22.5 Å². The number of anilines is 4. The minimum absolute atomic E-state index is 0.00138. The van der Waals surface area contributed by atoms with Crippen molar-refractivity contribution >= 4 is 74.2 Å². The molecule has 9 aromatic rings. The number of hydrogen-bond donors (Lipinski definition) is 6. The van der Waals surface area contributed by atoms with Crippen LogP contribution in [0.2, 0.25) is 0 Å². The number of carbonyl (C=O) groups is 7. The molecule has 4 heterocycles. The number of amides is 6. The average Bonchev–Trinajstić information content (AvgIpc) is 0.801. The van der Waals surface area contributed by atoms with Crippen LogP contribution in [0.3, 0.4) is 0 Å². The van der Waals surface area contributed by atoms with E-state index in [1.807, 2.05) is 99.3 Å². The van der Waals surface area contributed by atoms with Gasteiger partial charge >= 0.3 is 18.3 Å². The summed E-state index contributed by atoms with van der Waals surface area (Å²) in [4.78, 5) is 107. The highest BCUT2D eigenvalue weighted by atomic mass is 32.2. The second-order valence-corrected chi connectivity index (χ2v) is 34.0. The van der Waals surface area contributed by atoms with Gasteiger partial charge in [0.05, 0.1) is 150 Å². The Labute approximate surface area is 800 Å². The van der Waals surface area contributed by atoms with E-state index in [9.17, 15) is 68.3 Å². The molecule has 0 atom stereocenters. The van der Waals surface area contributed by atoms with Crippen LogP contribution in [0.25, 0.3) is 22.5 Å². The maximum Gasteiger partial charge on any atom is 0.416 e. The zero-order valence-corrected chi connectivity index (χ0v) is 78.9. The van der Waals surface area contributed by atoms with Crippen molar-refractivity contribution in [3.05, 3.63) is 256 Å². The molecule has 2 fully saturated rings. The molecule has 0 bridgehead atoms. The first kappa shape index (κ1) is 108. The number of aromatic nitrogens is 2. The Morgan fingerprint density at radius 2 is 0.761 bits per heavy atom. The summed E-state index contributed by atoms with van der Waals surface area (Å²) in [5, 5.41) is 23.8. The molecule has 0 saturated carbocycles. The van der Waals surface area contributed by atoms with Gasteiger partial charge in [0.1, 0.15) is 0 Å². The van der Waals surface area contributed by atoms with Gasteiger partial charge in [-0.1, -0.05) is 48.5 Å². The molecule has 30 nitrogen and oxygen atoms in total. The molecule has 2 aliphatic rings. The maximum absolute atomic E-state index is 13.7. The second kappa shape index (κ2) is 56.1. The monoisotopic (exact) mass is 1940 g/mol. The first-order valence-corrected chi connectivity index (χ1v) is 47.7. The number of nitrogens with one attached hydrogen (secondary N) is 5. The summed E-state index contributed by atoms with van der Waals surface area (Å²) < 4.78 is 152. The zero-order valence-electron chi connectivity index (χ0n) is 78.1. The summed E-state index contributed by atoms with van der Waals surface area (Å²) in [6, 6.07) is 46.9. The van der Waals surface area contributed by atoms with Crippen LogP contribution in [-0.4, -0.2) is 263 Å². The number of pyridine rings is 2. The third-order valence-corrected chi connectivity index (χ3v) is 24.5. The molecule has 7 aromatic carbocycles. The predicted molar refractivity (Wildman–Crippen MR) is 511 cm³/mol. The SMILES string of the molecule is CCN(CC)c1ccc(NC(=O)c2cccc(CCCOCCOCCOCCOCCC(=O)N3CCN(S(=O)(=O)c4ccc(C(=O)O)cc4)CC3)c2)c(-c2cc(C(=O)NCc3cccc(C(F)(F)F)c3)ccn2)c1.CCN(CC)c1ccc(NC(=O)c2cccc(CCCOCCOCCOCCOCCC(=O)N3CCNCC3)c2)c(-c2cc(C(=O)NCc3cccc(C(F)(F)F)c3)ccn2)c1. The second-order valence-electron chi connectivity index (χ2n) is 32.1. The van der Waals surface area contributed by atoms with Crippen LogP contribution >= 0.6 is 0 Å². The van der Waals surface area contributed by atoms with Gasteiger partial charge in [-0.05, 0) is 209 Å². The Balaban J connectivity index is 0.000000289. The van der Waals surface area contributed by atoms with Crippen LogP contribution in [0.15, 0.2) is 199 Å². The molecule has 0 radical (unpaired) electrons. The van der Waals surface area contributed by atoms with E-state index in [1.54, 1.807) is 35.2 Å². The van der Waals surface area contributed by atoms with E-state index in [1.165, 1.54) is 77.4 Å². The van der Waals surface area contributed by atoms with Gasteiger partial charge in [0.2, 0.25) is 21.8 Å². The smallest absolute Gasteiger partial charge is 0.416 e. The Kier molecular flexibility index (Phi) is 43.8. The molecular weight excluding hydrogens is 1820 g/mol. The number of alkyl halides is 6. The lowest BCUT2D eigenvalue weighted by Gasteiger charge is -2.34. The van der Waals surface area contributed by atoms with Gasteiger partial charge in [0.25, 0.3) is 23.6 Å². The molecule has 6 amide bonds. The van der Waals surface area contributed by atoms with Crippen LogP contribution in [-0.2, 0) is 95.8 Å². The molecule has 2 saturated heterocycles. The molecule has 0 spiro atoms. The molecule has 2 aromatic heterocycles. The van der Waals surface area contributed by atoms with Crippen LogP contribution in [0, 0.1) is 0 Å². The van der Waals surface area contributed by atoms with Crippen molar-refractivity contribution in [2.75, 3.05) is 205 Å². The molecule has 2 aliphatic heterocycles. The Bertz CT molecular complexity index is 5530. The largest absolute Gasteiger partial charge is 0.478 e. The molecule has 37 heteroatoms. The first-order chi connectivity index (χ1) is 66.6. The van der Waals surface area contributed by atoms with E-state index in [2.05, 4.69) is 46.4 Å².